The van der Waals surface area contributed by atoms with Crippen LogP contribution in [-0.4, -0.2) is 29.3 Å². The summed E-state index contributed by atoms with van der Waals surface area (Å²) in [6, 6.07) is 0. The molecule has 0 spiro atoms. The summed E-state index contributed by atoms with van der Waals surface area (Å²) in [6.07, 6.45) is -0.0999. The van der Waals surface area contributed by atoms with Crippen molar-refractivity contribution in [2.45, 2.75) is 46.6 Å². The highest BCUT2D eigenvalue weighted by Crippen LogP contribution is 2.14. The Morgan fingerprint density at radius 3 is 2.18 bits per heavy atom. The van der Waals surface area contributed by atoms with Crippen molar-refractivity contribution in [3.63, 3.8) is 0 Å². The fourth-order valence-electron chi connectivity index (χ4n) is 1.39. The summed E-state index contributed by atoms with van der Waals surface area (Å²) in [6.45, 7) is 9.35. The minimum absolute atomic E-state index is 0.0490. The third-order valence-electron chi connectivity index (χ3n) is 2.25. The van der Waals surface area contributed by atoms with Crippen molar-refractivity contribution in [2.24, 2.45) is 11.8 Å². The molecule has 0 aromatic heterocycles. The zero-order valence-electron chi connectivity index (χ0n) is 11.2. The molecule has 0 aliphatic carbocycles. The van der Waals surface area contributed by atoms with Gasteiger partial charge in [0.25, 0.3) is 0 Å². The topological polar surface area (TPSA) is 75.6 Å². The Labute approximate surface area is 103 Å². The molecule has 5 nitrogen and oxygen atoms in total. The second-order valence-corrected chi connectivity index (χ2v) is 5.41. The Morgan fingerprint density at radius 1 is 1.29 bits per heavy atom. The number of hydrogen-bond acceptors (Lipinski definition) is 3. The van der Waals surface area contributed by atoms with E-state index in [0.29, 0.717) is 13.0 Å². The van der Waals surface area contributed by atoms with Crippen LogP contribution in [0.3, 0.4) is 0 Å². The van der Waals surface area contributed by atoms with Gasteiger partial charge in [0.15, 0.2) is 0 Å². The predicted molar refractivity (Wildman–Crippen MR) is 64.8 cm³/mol. The lowest BCUT2D eigenvalue weighted by Gasteiger charge is -2.20. The van der Waals surface area contributed by atoms with E-state index in [1.54, 1.807) is 20.8 Å². The Hall–Kier alpha value is -1.26. The molecule has 0 unspecified atom stereocenters. The largest absolute Gasteiger partial charge is 0.481 e. The van der Waals surface area contributed by atoms with E-state index in [1.807, 2.05) is 13.8 Å². The molecule has 0 fully saturated rings. The first-order chi connectivity index (χ1) is 7.63. The first-order valence-corrected chi connectivity index (χ1v) is 5.83. The van der Waals surface area contributed by atoms with Gasteiger partial charge in [0, 0.05) is 6.54 Å². The molecule has 0 aliphatic rings. The van der Waals surface area contributed by atoms with Crippen molar-refractivity contribution >= 4 is 12.1 Å². The van der Waals surface area contributed by atoms with Crippen LogP contribution >= 0.6 is 0 Å². The minimum atomic E-state index is -0.828. The molecular formula is C12H23NO4. The normalized spacial score (nSPS) is 13.3. The summed E-state index contributed by atoms with van der Waals surface area (Å²) >= 11 is 0. The van der Waals surface area contributed by atoms with Gasteiger partial charge in [-0.05, 0) is 33.1 Å². The third-order valence-corrected chi connectivity index (χ3v) is 2.25. The van der Waals surface area contributed by atoms with Crippen LogP contribution in [0.4, 0.5) is 4.79 Å². The van der Waals surface area contributed by atoms with E-state index in [-0.39, 0.29) is 5.92 Å². The molecule has 0 aromatic rings. The first kappa shape index (κ1) is 15.7. The summed E-state index contributed by atoms with van der Waals surface area (Å²) in [4.78, 5) is 22.2. The maximum absolute atomic E-state index is 11.3. The van der Waals surface area contributed by atoms with Crippen molar-refractivity contribution in [3.05, 3.63) is 0 Å². The second kappa shape index (κ2) is 6.47. The summed E-state index contributed by atoms with van der Waals surface area (Å²) in [5.74, 6) is -1.22. The number of carboxylic acid groups (broad SMARTS) is 1. The molecule has 0 rings (SSSR count). The van der Waals surface area contributed by atoms with Gasteiger partial charge in [0.05, 0.1) is 5.92 Å². The zero-order valence-corrected chi connectivity index (χ0v) is 11.2. The highest BCUT2D eigenvalue weighted by Gasteiger charge is 2.22. The highest BCUT2D eigenvalue weighted by atomic mass is 16.6. The van der Waals surface area contributed by atoms with Crippen LogP contribution < -0.4 is 5.32 Å². The van der Waals surface area contributed by atoms with Gasteiger partial charge in [0.1, 0.15) is 5.60 Å². The molecular weight excluding hydrogens is 222 g/mol. The average molecular weight is 245 g/mol. The monoisotopic (exact) mass is 245 g/mol. The molecule has 0 saturated carbocycles. The number of rotatable bonds is 5. The maximum Gasteiger partial charge on any atom is 0.407 e. The summed E-state index contributed by atoms with van der Waals surface area (Å²) < 4.78 is 5.04. The van der Waals surface area contributed by atoms with Gasteiger partial charge in [-0.1, -0.05) is 13.8 Å². The molecule has 2 N–H and O–H groups in total. The Bertz CT molecular complexity index is 268. The average Bonchev–Trinajstić information content (AvgIpc) is 2.07. The fraction of sp³-hybridized carbons (Fsp3) is 0.833. The predicted octanol–water partition coefficient (Wildman–Crippen LogP) is 2.26. The number of alkyl carbamates (subject to hydrolysis) is 1. The number of carboxylic acids is 1. The van der Waals surface area contributed by atoms with Gasteiger partial charge >= 0.3 is 12.1 Å². The number of amides is 1. The molecule has 1 atom stereocenters. The fourth-order valence-corrected chi connectivity index (χ4v) is 1.39. The van der Waals surface area contributed by atoms with Gasteiger partial charge in [-0.25, -0.2) is 4.79 Å². The van der Waals surface area contributed by atoms with Crippen LogP contribution in [0, 0.1) is 11.8 Å². The number of aliphatic carboxylic acids is 1. The van der Waals surface area contributed by atoms with E-state index in [9.17, 15) is 9.59 Å². The standard InChI is InChI=1S/C12H23NO4/c1-8(2)9(10(14)15)6-7-13-11(16)17-12(3,4)5/h8-9H,6-7H2,1-5H3,(H,13,16)(H,14,15)/t9-/m0/s1. The third kappa shape index (κ3) is 7.60. The van der Waals surface area contributed by atoms with Crippen LogP contribution in [0.2, 0.25) is 0 Å². The molecule has 1 amide bonds. The molecule has 0 bridgehead atoms. The lowest BCUT2D eigenvalue weighted by molar-refractivity contribution is -0.143. The van der Waals surface area contributed by atoms with Crippen LogP contribution in [0.15, 0.2) is 0 Å². The van der Waals surface area contributed by atoms with Crippen LogP contribution in [0.5, 0.6) is 0 Å². The van der Waals surface area contributed by atoms with Crippen LogP contribution in [0.25, 0.3) is 0 Å². The molecule has 0 aliphatic heterocycles. The second-order valence-electron chi connectivity index (χ2n) is 5.41. The Kier molecular flexibility index (Phi) is 5.99. The van der Waals surface area contributed by atoms with E-state index in [1.165, 1.54) is 0 Å². The molecule has 0 heterocycles. The summed E-state index contributed by atoms with van der Waals surface area (Å²) in [7, 11) is 0. The van der Waals surface area contributed by atoms with Crippen LogP contribution in [-0.2, 0) is 9.53 Å². The smallest absolute Gasteiger partial charge is 0.407 e. The summed E-state index contributed by atoms with van der Waals surface area (Å²) in [5.41, 5.74) is -0.533. The molecule has 5 heteroatoms. The van der Waals surface area contributed by atoms with Crippen LogP contribution in [0.1, 0.15) is 41.0 Å². The molecule has 0 saturated heterocycles. The number of nitrogens with one attached hydrogen (secondary N) is 1. The van der Waals surface area contributed by atoms with Gasteiger partial charge in [-0.15, -0.1) is 0 Å². The first-order valence-electron chi connectivity index (χ1n) is 5.83. The van der Waals surface area contributed by atoms with Crippen molar-refractivity contribution < 1.29 is 19.4 Å². The number of ether oxygens (including phenoxy) is 1. The lowest BCUT2D eigenvalue weighted by atomic mass is 9.93. The Balaban J connectivity index is 3.98. The van der Waals surface area contributed by atoms with Gasteiger partial charge in [0.2, 0.25) is 0 Å². The van der Waals surface area contributed by atoms with E-state index in [0.717, 1.165) is 0 Å². The lowest BCUT2D eigenvalue weighted by Crippen LogP contribution is -2.34. The SMILES string of the molecule is CC(C)[C@H](CCNC(=O)OC(C)(C)C)C(=O)O. The molecule has 100 valence electrons. The van der Waals surface area contributed by atoms with E-state index in [2.05, 4.69) is 5.32 Å². The van der Waals surface area contributed by atoms with Gasteiger partial charge in [-0.3, -0.25) is 4.79 Å². The molecule has 0 aromatic carbocycles. The van der Waals surface area contributed by atoms with E-state index in [4.69, 9.17) is 9.84 Å². The van der Waals surface area contributed by atoms with E-state index < -0.39 is 23.6 Å². The molecule has 17 heavy (non-hydrogen) atoms. The number of carbonyl (C=O) groups is 2. The van der Waals surface area contributed by atoms with Gasteiger partial charge in [-0.2, -0.15) is 0 Å². The number of carbonyl (C=O) groups excluding carboxylic acids is 1. The van der Waals surface area contributed by atoms with Crippen molar-refractivity contribution in [1.29, 1.82) is 0 Å². The van der Waals surface area contributed by atoms with Crippen molar-refractivity contribution in [2.75, 3.05) is 6.54 Å². The zero-order chi connectivity index (χ0) is 13.6. The quantitative estimate of drug-likeness (QED) is 0.779. The maximum atomic E-state index is 11.3. The highest BCUT2D eigenvalue weighted by molar-refractivity contribution is 5.70. The van der Waals surface area contributed by atoms with E-state index >= 15 is 0 Å². The van der Waals surface area contributed by atoms with Crippen molar-refractivity contribution in [1.82, 2.24) is 5.32 Å². The van der Waals surface area contributed by atoms with Gasteiger partial charge < -0.3 is 15.2 Å². The summed E-state index contributed by atoms with van der Waals surface area (Å²) in [5, 5.41) is 11.5. The number of hydrogen-bond donors (Lipinski definition) is 2. The van der Waals surface area contributed by atoms with Crippen molar-refractivity contribution in [3.8, 4) is 0 Å². The Morgan fingerprint density at radius 2 is 1.82 bits per heavy atom. The molecule has 0 radical (unpaired) electrons. The minimum Gasteiger partial charge on any atom is -0.481 e.